The van der Waals surface area contributed by atoms with Crippen molar-refractivity contribution in [2.24, 2.45) is 0 Å². The standard InChI is InChI=1S/C11H12N4O3/c1-11(16)4-5-14(7-11)10-3-2-9(15(17)18)8(6-12)13-10/h2-3,16H,4-5,7H2,1H3. The smallest absolute Gasteiger partial charge is 0.305 e. The molecule has 0 aromatic carbocycles. The van der Waals surface area contributed by atoms with Crippen LogP contribution in [0.5, 0.6) is 0 Å². The molecule has 2 heterocycles. The molecular formula is C11H12N4O3. The van der Waals surface area contributed by atoms with E-state index in [1.54, 1.807) is 13.0 Å². The van der Waals surface area contributed by atoms with E-state index in [4.69, 9.17) is 5.26 Å². The number of β-amino-alcohol motifs (C(OH)–C–C–N with tert-alkyl or cyclic N) is 1. The van der Waals surface area contributed by atoms with Crippen molar-refractivity contribution < 1.29 is 10.0 Å². The first-order valence-electron chi connectivity index (χ1n) is 5.46. The molecule has 2 rings (SSSR count). The Balaban J connectivity index is 2.32. The van der Waals surface area contributed by atoms with Gasteiger partial charge in [-0.25, -0.2) is 4.98 Å². The van der Waals surface area contributed by atoms with Crippen LogP contribution in [0.2, 0.25) is 0 Å². The fourth-order valence-electron chi connectivity index (χ4n) is 1.99. The first kappa shape index (κ1) is 12.3. The van der Waals surface area contributed by atoms with Gasteiger partial charge in [-0.1, -0.05) is 0 Å². The molecule has 7 nitrogen and oxygen atoms in total. The molecule has 1 unspecified atom stereocenters. The first-order valence-corrected chi connectivity index (χ1v) is 5.46. The Morgan fingerprint density at radius 3 is 2.89 bits per heavy atom. The highest BCUT2D eigenvalue weighted by Crippen LogP contribution is 2.27. The van der Waals surface area contributed by atoms with E-state index in [1.165, 1.54) is 12.1 Å². The largest absolute Gasteiger partial charge is 0.388 e. The average molecular weight is 248 g/mol. The van der Waals surface area contributed by atoms with Gasteiger partial charge in [-0.05, 0) is 19.4 Å². The molecular weight excluding hydrogens is 236 g/mol. The number of rotatable bonds is 2. The lowest BCUT2D eigenvalue weighted by atomic mass is 10.1. The number of aromatic nitrogens is 1. The van der Waals surface area contributed by atoms with Gasteiger partial charge in [0.15, 0.2) is 0 Å². The topological polar surface area (TPSA) is 103 Å². The molecule has 0 bridgehead atoms. The number of nitriles is 1. The Bertz CT molecular complexity index is 536. The van der Waals surface area contributed by atoms with E-state index in [2.05, 4.69) is 4.98 Å². The molecule has 1 aromatic rings. The average Bonchev–Trinajstić information content (AvgIpc) is 2.68. The second kappa shape index (κ2) is 4.23. The van der Waals surface area contributed by atoms with Crippen LogP contribution in [0.4, 0.5) is 11.5 Å². The summed E-state index contributed by atoms with van der Waals surface area (Å²) in [6.45, 7) is 2.74. The van der Waals surface area contributed by atoms with Crippen molar-refractivity contribution in [3.63, 3.8) is 0 Å². The zero-order valence-electron chi connectivity index (χ0n) is 9.83. The number of pyridine rings is 1. The van der Waals surface area contributed by atoms with Crippen LogP contribution in [0.25, 0.3) is 0 Å². The quantitative estimate of drug-likeness (QED) is 0.614. The first-order chi connectivity index (χ1) is 8.43. The third kappa shape index (κ3) is 2.24. The highest BCUT2D eigenvalue weighted by atomic mass is 16.6. The van der Waals surface area contributed by atoms with Gasteiger partial charge in [0.2, 0.25) is 5.69 Å². The highest BCUT2D eigenvalue weighted by molar-refractivity contribution is 5.52. The summed E-state index contributed by atoms with van der Waals surface area (Å²) in [6.07, 6.45) is 0.605. The predicted octanol–water partition coefficient (Wildman–Crippen LogP) is 0.823. The molecule has 1 atom stereocenters. The van der Waals surface area contributed by atoms with Crippen molar-refractivity contribution in [2.45, 2.75) is 18.9 Å². The maximum absolute atomic E-state index is 10.7. The third-order valence-corrected chi connectivity index (χ3v) is 2.94. The lowest BCUT2D eigenvalue weighted by molar-refractivity contribution is -0.385. The van der Waals surface area contributed by atoms with E-state index in [9.17, 15) is 15.2 Å². The molecule has 94 valence electrons. The molecule has 0 amide bonds. The SMILES string of the molecule is CC1(O)CCN(c2ccc([N+](=O)[O-])c(C#N)n2)C1. The zero-order chi connectivity index (χ0) is 13.3. The summed E-state index contributed by atoms with van der Waals surface area (Å²) >= 11 is 0. The minimum atomic E-state index is -0.781. The molecule has 0 radical (unpaired) electrons. The summed E-state index contributed by atoms with van der Waals surface area (Å²) in [4.78, 5) is 15.8. The van der Waals surface area contributed by atoms with E-state index < -0.39 is 10.5 Å². The number of anilines is 1. The van der Waals surface area contributed by atoms with Crippen molar-refractivity contribution in [2.75, 3.05) is 18.0 Å². The van der Waals surface area contributed by atoms with Crippen LogP contribution in [0.1, 0.15) is 19.0 Å². The summed E-state index contributed by atoms with van der Waals surface area (Å²) in [5, 5.41) is 29.4. The van der Waals surface area contributed by atoms with Crippen LogP contribution in [-0.2, 0) is 0 Å². The van der Waals surface area contributed by atoms with Crippen molar-refractivity contribution in [3.8, 4) is 6.07 Å². The number of nitro groups is 1. The second-order valence-corrected chi connectivity index (χ2v) is 4.57. The fraction of sp³-hybridized carbons (Fsp3) is 0.455. The molecule has 18 heavy (non-hydrogen) atoms. The maximum Gasteiger partial charge on any atom is 0.305 e. The van der Waals surface area contributed by atoms with Crippen LogP contribution < -0.4 is 4.90 Å². The van der Waals surface area contributed by atoms with Crippen LogP contribution >= 0.6 is 0 Å². The normalized spacial score (nSPS) is 22.8. The summed E-state index contributed by atoms with van der Waals surface area (Å²) in [6, 6.07) is 4.49. The molecule has 1 N–H and O–H groups in total. The molecule has 1 aliphatic heterocycles. The van der Waals surface area contributed by atoms with Gasteiger partial charge >= 0.3 is 5.69 Å². The Morgan fingerprint density at radius 1 is 1.67 bits per heavy atom. The predicted molar refractivity (Wildman–Crippen MR) is 63.1 cm³/mol. The van der Waals surface area contributed by atoms with Crippen LogP contribution in [0.15, 0.2) is 12.1 Å². The summed E-state index contributed by atoms with van der Waals surface area (Å²) in [5.41, 5.74) is -1.28. The molecule has 1 aliphatic rings. The molecule has 0 aliphatic carbocycles. The molecule has 1 aromatic heterocycles. The van der Waals surface area contributed by atoms with Gasteiger partial charge in [-0.2, -0.15) is 5.26 Å². The van der Waals surface area contributed by atoms with Crippen molar-refractivity contribution in [1.29, 1.82) is 5.26 Å². The molecule has 0 saturated carbocycles. The second-order valence-electron chi connectivity index (χ2n) is 4.57. The number of hydrogen-bond acceptors (Lipinski definition) is 6. The van der Waals surface area contributed by atoms with E-state index in [1.807, 2.05) is 4.90 Å². The van der Waals surface area contributed by atoms with E-state index in [0.717, 1.165) is 0 Å². The minimum Gasteiger partial charge on any atom is -0.388 e. The van der Waals surface area contributed by atoms with Crippen LogP contribution in [0, 0.1) is 21.4 Å². The van der Waals surface area contributed by atoms with E-state index >= 15 is 0 Å². The van der Waals surface area contributed by atoms with Gasteiger partial charge < -0.3 is 10.0 Å². The Labute approximate surface area is 103 Å². The van der Waals surface area contributed by atoms with Crippen molar-refractivity contribution in [3.05, 3.63) is 27.9 Å². The number of aliphatic hydroxyl groups is 1. The summed E-state index contributed by atoms with van der Waals surface area (Å²) in [7, 11) is 0. The Morgan fingerprint density at radius 2 is 2.39 bits per heavy atom. The fourth-order valence-corrected chi connectivity index (χ4v) is 1.99. The maximum atomic E-state index is 10.7. The Kier molecular flexibility index (Phi) is 2.88. The lowest BCUT2D eigenvalue weighted by Crippen LogP contribution is -2.30. The van der Waals surface area contributed by atoms with Crippen molar-refractivity contribution >= 4 is 11.5 Å². The monoisotopic (exact) mass is 248 g/mol. The van der Waals surface area contributed by atoms with Crippen LogP contribution in [-0.4, -0.2) is 33.7 Å². The van der Waals surface area contributed by atoms with Gasteiger partial charge in [0.25, 0.3) is 0 Å². The number of hydrogen-bond donors (Lipinski definition) is 1. The van der Waals surface area contributed by atoms with Gasteiger partial charge in [0.05, 0.1) is 10.5 Å². The Hall–Kier alpha value is -2.20. The minimum absolute atomic E-state index is 0.205. The molecule has 1 saturated heterocycles. The van der Waals surface area contributed by atoms with Crippen molar-refractivity contribution in [1.82, 2.24) is 4.98 Å². The van der Waals surface area contributed by atoms with E-state index in [-0.39, 0.29) is 11.4 Å². The third-order valence-electron chi connectivity index (χ3n) is 2.94. The van der Waals surface area contributed by atoms with Crippen LogP contribution in [0.3, 0.4) is 0 Å². The van der Waals surface area contributed by atoms with Gasteiger partial charge in [-0.3, -0.25) is 10.1 Å². The molecule has 1 fully saturated rings. The van der Waals surface area contributed by atoms with Gasteiger partial charge in [0, 0.05) is 19.2 Å². The molecule has 0 spiro atoms. The lowest BCUT2D eigenvalue weighted by Gasteiger charge is -2.19. The summed E-state index contributed by atoms with van der Waals surface area (Å²) < 4.78 is 0. The van der Waals surface area contributed by atoms with Gasteiger partial charge in [0.1, 0.15) is 11.9 Å². The number of nitrogens with zero attached hydrogens (tertiary/aromatic N) is 4. The van der Waals surface area contributed by atoms with E-state index in [0.29, 0.717) is 25.3 Å². The molecule has 7 heteroatoms. The van der Waals surface area contributed by atoms with Gasteiger partial charge in [-0.15, -0.1) is 0 Å². The summed E-state index contributed by atoms with van der Waals surface area (Å²) in [5.74, 6) is 0.481. The zero-order valence-corrected chi connectivity index (χ0v) is 9.83. The highest BCUT2D eigenvalue weighted by Gasteiger charge is 2.32.